The second-order valence-corrected chi connectivity index (χ2v) is 6.46. The van der Waals surface area contributed by atoms with Crippen molar-refractivity contribution < 1.29 is 0 Å². The SMILES string of the molecule is O=c1c2nnn(-c3ccc(Br)cc3)c2ncn1C1CCCC1. The number of halogens is 1. The second-order valence-electron chi connectivity index (χ2n) is 5.55. The van der Waals surface area contributed by atoms with Gasteiger partial charge in [0.15, 0.2) is 11.2 Å². The number of hydrogen-bond donors (Lipinski definition) is 0. The first-order valence-corrected chi connectivity index (χ1v) is 8.12. The minimum absolute atomic E-state index is 0.0970. The Kier molecular flexibility index (Phi) is 3.29. The highest BCUT2D eigenvalue weighted by molar-refractivity contribution is 9.10. The van der Waals surface area contributed by atoms with Gasteiger partial charge in [-0.05, 0) is 37.1 Å². The minimum Gasteiger partial charge on any atom is -0.294 e. The lowest BCUT2D eigenvalue weighted by atomic mass is 10.2. The lowest BCUT2D eigenvalue weighted by Crippen LogP contribution is -2.24. The third-order valence-corrected chi connectivity index (χ3v) is 4.71. The zero-order valence-electron chi connectivity index (χ0n) is 11.8. The molecule has 0 saturated heterocycles. The van der Waals surface area contributed by atoms with E-state index in [0.29, 0.717) is 11.2 Å². The molecule has 1 aliphatic rings. The highest BCUT2D eigenvalue weighted by Crippen LogP contribution is 2.28. The monoisotopic (exact) mass is 359 g/mol. The van der Waals surface area contributed by atoms with E-state index in [4.69, 9.17) is 0 Å². The number of benzene rings is 1. The van der Waals surface area contributed by atoms with Gasteiger partial charge in [0.1, 0.15) is 6.33 Å². The molecule has 1 fully saturated rings. The molecule has 0 atom stereocenters. The number of aromatic nitrogens is 5. The molecular formula is C15H14BrN5O. The molecule has 0 unspecified atom stereocenters. The van der Waals surface area contributed by atoms with Crippen LogP contribution in [0.3, 0.4) is 0 Å². The topological polar surface area (TPSA) is 65.6 Å². The molecule has 1 aliphatic carbocycles. The van der Waals surface area contributed by atoms with Gasteiger partial charge < -0.3 is 0 Å². The Balaban J connectivity index is 1.84. The zero-order chi connectivity index (χ0) is 15.1. The summed E-state index contributed by atoms with van der Waals surface area (Å²) in [7, 11) is 0. The molecule has 112 valence electrons. The van der Waals surface area contributed by atoms with Crippen LogP contribution in [0.25, 0.3) is 16.9 Å². The normalized spacial score (nSPS) is 15.7. The van der Waals surface area contributed by atoms with Gasteiger partial charge in [-0.15, -0.1) is 5.10 Å². The van der Waals surface area contributed by atoms with Crippen molar-refractivity contribution in [1.82, 2.24) is 24.5 Å². The lowest BCUT2D eigenvalue weighted by molar-refractivity contribution is 0.498. The minimum atomic E-state index is -0.0970. The predicted molar refractivity (Wildman–Crippen MR) is 86.1 cm³/mol. The van der Waals surface area contributed by atoms with Gasteiger partial charge in [0, 0.05) is 10.5 Å². The Hall–Kier alpha value is -2.02. The molecule has 7 heteroatoms. The third kappa shape index (κ3) is 2.16. The van der Waals surface area contributed by atoms with E-state index in [1.165, 1.54) is 12.8 Å². The first-order valence-electron chi connectivity index (χ1n) is 7.32. The molecule has 0 N–H and O–H groups in total. The van der Waals surface area contributed by atoms with Crippen LogP contribution in [0, 0.1) is 0 Å². The number of rotatable bonds is 2. The Labute approximate surface area is 134 Å². The molecule has 22 heavy (non-hydrogen) atoms. The molecule has 3 aromatic rings. The average molecular weight is 360 g/mol. The molecule has 0 radical (unpaired) electrons. The van der Waals surface area contributed by atoms with Crippen LogP contribution in [0.4, 0.5) is 0 Å². The first-order chi connectivity index (χ1) is 10.7. The van der Waals surface area contributed by atoms with Gasteiger partial charge in [-0.2, -0.15) is 4.68 Å². The molecule has 6 nitrogen and oxygen atoms in total. The quantitative estimate of drug-likeness (QED) is 0.705. The van der Waals surface area contributed by atoms with Gasteiger partial charge in [0.2, 0.25) is 0 Å². The van der Waals surface area contributed by atoms with Crippen molar-refractivity contribution >= 4 is 27.1 Å². The fourth-order valence-corrected chi connectivity index (χ4v) is 3.29. The summed E-state index contributed by atoms with van der Waals surface area (Å²) in [5.74, 6) is 0. The fourth-order valence-electron chi connectivity index (χ4n) is 3.02. The van der Waals surface area contributed by atoms with Crippen LogP contribution in [0.2, 0.25) is 0 Å². The van der Waals surface area contributed by atoms with Crippen molar-refractivity contribution in [2.45, 2.75) is 31.7 Å². The van der Waals surface area contributed by atoms with Crippen molar-refractivity contribution in [3.8, 4) is 5.69 Å². The molecule has 4 rings (SSSR count). The van der Waals surface area contributed by atoms with Gasteiger partial charge in [0.25, 0.3) is 5.56 Å². The van der Waals surface area contributed by atoms with Gasteiger partial charge in [-0.3, -0.25) is 9.36 Å². The Morgan fingerprint density at radius 2 is 1.86 bits per heavy atom. The van der Waals surface area contributed by atoms with Crippen LogP contribution >= 0.6 is 15.9 Å². The van der Waals surface area contributed by atoms with Crippen LogP contribution in [0.15, 0.2) is 39.9 Å². The zero-order valence-corrected chi connectivity index (χ0v) is 13.4. The summed E-state index contributed by atoms with van der Waals surface area (Å²) in [5.41, 5.74) is 1.57. The fraction of sp³-hybridized carbons (Fsp3) is 0.333. The first kappa shape index (κ1) is 13.6. The van der Waals surface area contributed by atoms with Crippen LogP contribution in [-0.4, -0.2) is 24.5 Å². The van der Waals surface area contributed by atoms with Crippen LogP contribution in [0.1, 0.15) is 31.7 Å². The van der Waals surface area contributed by atoms with Gasteiger partial charge in [0.05, 0.1) is 5.69 Å². The van der Waals surface area contributed by atoms with E-state index in [0.717, 1.165) is 23.0 Å². The molecule has 1 saturated carbocycles. The van der Waals surface area contributed by atoms with E-state index in [-0.39, 0.29) is 11.6 Å². The average Bonchev–Trinajstić information content (AvgIpc) is 3.18. The number of fused-ring (bicyclic) bond motifs is 1. The Morgan fingerprint density at radius 1 is 1.14 bits per heavy atom. The van der Waals surface area contributed by atoms with E-state index in [1.807, 2.05) is 24.3 Å². The maximum absolute atomic E-state index is 12.6. The van der Waals surface area contributed by atoms with Crippen LogP contribution < -0.4 is 5.56 Å². The van der Waals surface area contributed by atoms with Crippen molar-refractivity contribution in [3.05, 3.63) is 45.4 Å². The van der Waals surface area contributed by atoms with E-state index in [1.54, 1.807) is 15.6 Å². The maximum atomic E-state index is 12.6. The number of nitrogens with zero attached hydrogens (tertiary/aromatic N) is 5. The van der Waals surface area contributed by atoms with Crippen LogP contribution in [-0.2, 0) is 0 Å². The predicted octanol–water partition coefficient (Wildman–Crippen LogP) is 2.85. The summed E-state index contributed by atoms with van der Waals surface area (Å²) in [4.78, 5) is 17.0. The second kappa shape index (κ2) is 5.31. The van der Waals surface area contributed by atoms with E-state index < -0.39 is 0 Å². The molecule has 0 bridgehead atoms. The molecular weight excluding hydrogens is 346 g/mol. The molecule has 1 aromatic carbocycles. The van der Waals surface area contributed by atoms with Gasteiger partial charge >= 0.3 is 0 Å². The van der Waals surface area contributed by atoms with Gasteiger partial charge in [-0.1, -0.05) is 34.0 Å². The van der Waals surface area contributed by atoms with Gasteiger partial charge in [-0.25, -0.2) is 4.98 Å². The van der Waals surface area contributed by atoms with E-state index >= 15 is 0 Å². The van der Waals surface area contributed by atoms with Crippen LogP contribution in [0.5, 0.6) is 0 Å². The van der Waals surface area contributed by atoms with E-state index in [2.05, 4.69) is 31.2 Å². The number of hydrogen-bond acceptors (Lipinski definition) is 4. The molecule has 0 aliphatic heterocycles. The summed E-state index contributed by atoms with van der Waals surface area (Å²) in [5, 5.41) is 8.15. The largest absolute Gasteiger partial charge is 0.294 e. The highest BCUT2D eigenvalue weighted by atomic mass is 79.9. The smallest absolute Gasteiger partial charge is 0.283 e. The van der Waals surface area contributed by atoms with Crippen molar-refractivity contribution in [2.75, 3.05) is 0 Å². The Bertz CT molecular complexity index is 877. The Morgan fingerprint density at radius 3 is 2.59 bits per heavy atom. The molecule has 0 spiro atoms. The summed E-state index contributed by atoms with van der Waals surface area (Å²) in [6.45, 7) is 0. The summed E-state index contributed by atoms with van der Waals surface area (Å²) in [6.07, 6.45) is 6.04. The molecule has 0 amide bonds. The summed E-state index contributed by atoms with van der Waals surface area (Å²) in [6, 6.07) is 7.90. The molecule has 2 heterocycles. The maximum Gasteiger partial charge on any atom is 0.283 e. The molecule has 2 aromatic heterocycles. The third-order valence-electron chi connectivity index (χ3n) is 4.18. The van der Waals surface area contributed by atoms with Crippen molar-refractivity contribution in [2.24, 2.45) is 0 Å². The summed E-state index contributed by atoms with van der Waals surface area (Å²) >= 11 is 3.40. The standard InChI is InChI=1S/C15H14BrN5O/c16-10-5-7-12(8-6-10)21-14-13(18-19-21)15(22)20(9-17-14)11-3-1-2-4-11/h5-9,11H,1-4H2. The van der Waals surface area contributed by atoms with Crippen molar-refractivity contribution in [3.63, 3.8) is 0 Å². The lowest BCUT2D eigenvalue weighted by Gasteiger charge is -2.11. The summed E-state index contributed by atoms with van der Waals surface area (Å²) < 4.78 is 4.30. The van der Waals surface area contributed by atoms with Crippen molar-refractivity contribution in [1.29, 1.82) is 0 Å². The van der Waals surface area contributed by atoms with E-state index in [9.17, 15) is 4.79 Å². The highest BCUT2D eigenvalue weighted by Gasteiger charge is 2.21.